The summed E-state index contributed by atoms with van der Waals surface area (Å²) in [5, 5.41) is 6.74. The number of aromatic nitrogens is 4. The van der Waals surface area contributed by atoms with Crippen LogP contribution in [0.4, 0.5) is 10.5 Å². The topological polar surface area (TPSA) is 106 Å². The number of ether oxygens (including phenoxy) is 1. The van der Waals surface area contributed by atoms with E-state index in [0.717, 1.165) is 5.75 Å². The predicted molar refractivity (Wildman–Crippen MR) is 91.7 cm³/mol. The number of nitrogens with one attached hydrogen (secondary N) is 1. The lowest BCUT2D eigenvalue weighted by atomic mass is 10.0. The third-order valence-corrected chi connectivity index (χ3v) is 4.07. The fourth-order valence-electron chi connectivity index (χ4n) is 2.58. The largest absolute Gasteiger partial charge is 0.497 e. The minimum Gasteiger partial charge on any atom is -0.497 e. The number of carbonyl (C=O) groups is 1. The van der Waals surface area contributed by atoms with Crippen molar-refractivity contribution in [3.8, 4) is 17.4 Å². The average Bonchev–Trinajstić information content (AvgIpc) is 3.11. The first-order valence-corrected chi connectivity index (χ1v) is 8.04. The van der Waals surface area contributed by atoms with E-state index in [1.54, 1.807) is 54.7 Å². The Bertz CT molecular complexity index is 890. The van der Waals surface area contributed by atoms with Gasteiger partial charge in [-0.1, -0.05) is 5.16 Å². The number of carbonyl (C=O) groups excluding carboxylic acids is 1. The smallest absolute Gasteiger partial charge is 0.321 e. The van der Waals surface area contributed by atoms with Crippen LogP contribution >= 0.6 is 0 Å². The molecule has 3 aromatic rings. The van der Waals surface area contributed by atoms with Gasteiger partial charge in [-0.2, -0.15) is 4.98 Å². The Balaban J connectivity index is 1.33. The van der Waals surface area contributed by atoms with Crippen LogP contribution in [0.2, 0.25) is 0 Å². The summed E-state index contributed by atoms with van der Waals surface area (Å²) in [5.74, 6) is 2.00. The Morgan fingerprint density at radius 2 is 1.92 bits per heavy atom. The summed E-state index contributed by atoms with van der Waals surface area (Å²) < 4.78 is 10.4. The van der Waals surface area contributed by atoms with Crippen LogP contribution in [0, 0.1) is 0 Å². The molecule has 0 aliphatic carbocycles. The van der Waals surface area contributed by atoms with Gasteiger partial charge in [0, 0.05) is 31.2 Å². The molecule has 9 heteroatoms. The molecule has 0 bridgehead atoms. The summed E-state index contributed by atoms with van der Waals surface area (Å²) in [5.41, 5.74) is 0.709. The van der Waals surface area contributed by atoms with Crippen molar-refractivity contribution in [3.05, 3.63) is 48.6 Å². The van der Waals surface area contributed by atoms with Crippen LogP contribution in [0.25, 0.3) is 11.6 Å². The zero-order chi connectivity index (χ0) is 17.9. The van der Waals surface area contributed by atoms with Crippen molar-refractivity contribution in [1.29, 1.82) is 0 Å². The fourth-order valence-corrected chi connectivity index (χ4v) is 2.58. The van der Waals surface area contributed by atoms with Crippen molar-refractivity contribution in [2.24, 2.45) is 0 Å². The van der Waals surface area contributed by atoms with Gasteiger partial charge in [-0.3, -0.25) is 0 Å². The van der Waals surface area contributed by atoms with E-state index in [1.165, 1.54) is 0 Å². The summed E-state index contributed by atoms with van der Waals surface area (Å²) in [7, 11) is 1.60. The molecule has 1 aliphatic heterocycles. The molecule has 0 spiro atoms. The number of hydrogen-bond acceptors (Lipinski definition) is 7. The summed E-state index contributed by atoms with van der Waals surface area (Å²) in [6, 6.07) is 8.71. The number of urea groups is 1. The first kappa shape index (κ1) is 16.0. The predicted octanol–water partition coefficient (Wildman–Crippen LogP) is 2.17. The van der Waals surface area contributed by atoms with Gasteiger partial charge in [0.1, 0.15) is 5.75 Å². The Hall–Kier alpha value is -3.49. The van der Waals surface area contributed by atoms with Crippen molar-refractivity contribution < 1.29 is 14.1 Å². The van der Waals surface area contributed by atoms with E-state index in [1.807, 2.05) is 0 Å². The summed E-state index contributed by atoms with van der Waals surface area (Å²) in [6.45, 7) is 1.03. The molecule has 132 valence electrons. The van der Waals surface area contributed by atoms with Crippen molar-refractivity contribution >= 4 is 11.7 Å². The third kappa shape index (κ3) is 3.18. The standard InChI is InChI=1S/C17H16N6O3/c1-25-13-5-3-12(4-6-13)20-17(24)23-9-11(10-23)16-21-15(22-26-16)14-18-7-2-8-19-14/h2-8,11H,9-10H2,1H3,(H,20,24). The zero-order valence-electron chi connectivity index (χ0n) is 14.0. The highest BCUT2D eigenvalue weighted by Gasteiger charge is 2.36. The maximum atomic E-state index is 12.2. The molecule has 26 heavy (non-hydrogen) atoms. The molecule has 3 heterocycles. The van der Waals surface area contributed by atoms with Gasteiger partial charge in [0.25, 0.3) is 0 Å². The number of amides is 2. The highest BCUT2D eigenvalue weighted by atomic mass is 16.5. The van der Waals surface area contributed by atoms with E-state index in [0.29, 0.717) is 36.3 Å². The maximum absolute atomic E-state index is 12.2. The zero-order valence-corrected chi connectivity index (χ0v) is 14.0. The number of anilines is 1. The minimum absolute atomic E-state index is 0.0154. The number of methoxy groups -OCH3 is 1. The number of nitrogens with zero attached hydrogens (tertiary/aromatic N) is 5. The van der Waals surface area contributed by atoms with Crippen LogP contribution in [0.5, 0.6) is 5.75 Å². The summed E-state index contributed by atoms with van der Waals surface area (Å²) in [4.78, 5) is 26.4. The maximum Gasteiger partial charge on any atom is 0.321 e. The second-order valence-electron chi connectivity index (χ2n) is 5.79. The van der Waals surface area contributed by atoms with Gasteiger partial charge >= 0.3 is 6.03 Å². The normalized spacial score (nSPS) is 14.0. The van der Waals surface area contributed by atoms with Gasteiger partial charge in [0.05, 0.1) is 13.0 Å². The molecule has 0 saturated carbocycles. The highest BCUT2D eigenvalue weighted by molar-refractivity contribution is 5.90. The molecule has 9 nitrogen and oxygen atoms in total. The van der Waals surface area contributed by atoms with Gasteiger partial charge in [-0.05, 0) is 30.3 Å². The van der Waals surface area contributed by atoms with Crippen molar-refractivity contribution in [3.63, 3.8) is 0 Å². The molecule has 1 aromatic carbocycles. The third-order valence-electron chi connectivity index (χ3n) is 4.07. The average molecular weight is 352 g/mol. The first-order chi connectivity index (χ1) is 12.7. The van der Waals surface area contributed by atoms with Gasteiger partial charge in [-0.15, -0.1) is 0 Å². The Kier molecular flexibility index (Phi) is 4.18. The SMILES string of the molecule is COc1ccc(NC(=O)N2CC(c3nc(-c4ncccn4)no3)C2)cc1. The number of hydrogen-bond donors (Lipinski definition) is 1. The monoisotopic (exact) mass is 352 g/mol. The van der Waals surface area contributed by atoms with Crippen LogP contribution in [0.15, 0.2) is 47.2 Å². The number of rotatable bonds is 4. The van der Waals surface area contributed by atoms with E-state index >= 15 is 0 Å². The molecular weight excluding hydrogens is 336 g/mol. The Morgan fingerprint density at radius 3 is 2.62 bits per heavy atom. The quantitative estimate of drug-likeness (QED) is 0.767. The second-order valence-corrected chi connectivity index (χ2v) is 5.79. The number of benzene rings is 1. The van der Waals surface area contributed by atoms with Crippen molar-refractivity contribution in [1.82, 2.24) is 25.0 Å². The fraction of sp³-hybridized carbons (Fsp3) is 0.235. The molecule has 0 unspecified atom stereocenters. The van der Waals surface area contributed by atoms with Gasteiger partial charge in [-0.25, -0.2) is 14.8 Å². The van der Waals surface area contributed by atoms with Crippen LogP contribution in [0.1, 0.15) is 11.8 Å². The molecular formula is C17H16N6O3. The molecule has 2 amide bonds. The lowest BCUT2D eigenvalue weighted by molar-refractivity contribution is 0.147. The van der Waals surface area contributed by atoms with E-state index in [2.05, 4.69) is 25.4 Å². The van der Waals surface area contributed by atoms with E-state index in [4.69, 9.17) is 9.26 Å². The van der Waals surface area contributed by atoms with Crippen LogP contribution in [0.3, 0.4) is 0 Å². The highest BCUT2D eigenvalue weighted by Crippen LogP contribution is 2.27. The lowest BCUT2D eigenvalue weighted by Gasteiger charge is -2.36. The molecule has 4 rings (SSSR count). The van der Waals surface area contributed by atoms with E-state index in [9.17, 15) is 4.79 Å². The van der Waals surface area contributed by atoms with E-state index in [-0.39, 0.29) is 11.9 Å². The molecule has 0 radical (unpaired) electrons. The molecule has 2 aromatic heterocycles. The molecule has 1 N–H and O–H groups in total. The van der Waals surface area contributed by atoms with Gasteiger partial charge < -0.3 is 19.5 Å². The van der Waals surface area contributed by atoms with Crippen LogP contribution < -0.4 is 10.1 Å². The molecule has 1 aliphatic rings. The molecule has 1 fully saturated rings. The minimum atomic E-state index is -0.169. The lowest BCUT2D eigenvalue weighted by Crippen LogP contribution is -2.50. The molecule has 1 saturated heterocycles. The Labute approximate surface area is 149 Å². The van der Waals surface area contributed by atoms with Crippen LogP contribution in [-0.4, -0.2) is 51.2 Å². The van der Waals surface area contributed by atoms with Gasteiger partial charge in [0.15, 0.2) is 0 Å². The number of likely N-dealkylation sites (tertiary alicyclic amines) is 1. The molecule has 0 atom stereocenters. The van der Waals surface area contributed by atoms with Gasteiger partial charge in [0.2, 0.25) is 17.5 Å². The van der Waals surface area contributed by atoms with Crippen LogP contribution in [-0.2, 0) is 0 Å². The Morgan fingerprint density at radius 1 is 1.19 bits per heavy atom. The summed E-state index contributed by atoms with van der Waals surface area (Å²) >= 11 is 0. The van der Waals surface area contributed by atoms with E-state index < -0.39 is 0 Å². The summed E-state index contributed by atoms with van der Waals surface area (Å²) in [6.07, 6.45) is 3.24. The second kappa shape index (κ2) is 6.79. The first-order valence-electron chi connectivity index (χ1n) is 8.04. The van der Waals surface area contributed by atoms with Crippen molar-refractivity contribution in [2.75, 3.05) is 25.5 Å². The van der Waals surface area contributed by atoms with Crippen molar-refractivity contribution in [2.45, 2.75) is 5.92 Å².